The summed E-state index contributed by atoms with van der Waals surface area (Å²) < 4.78 is 0. The van der Waals surface area contributed by atoms with Crippen molar-refractivity contribution in [2.45, 2.75) is 12.5 Å². The van der Waals surface area contributed by atoms with Gasteiger partial charge in [-0.25, -0.2) is 0 Å². The van der Waals surface area contributed by atoms with Crippen LogP contribution in [0.25, 0.3) is 0 Å². The number of carbonyl (C=O) groups excluding carboxylic acids is 1. The number of benzene rings is 1. The third-order valence-electron chi connectivity index (χ3n) is 4.20. The number of rotatable bonds is 1. The molecule has 0 radical (unpaired) electrons. The van der Waals surface area contributed by atoms with Crippen molar-refractivity contribution in [1.82, 2.24) is 9.80 Å². The number of nitrogens with zero attached hydrogens (tertiary/aromatic N) is 2. The summed E-state index contributed by atoms with van der Waals surface area (Å²) >= 11 is 5.84. The summed E-state index contributed by atoms with van der Waals surface area (Å²) in [7, 11) is 2.15. The molecule has 1 amide bonds. The van der Waals surface area contributed by atoms with Crippen molar-refractivity contribution in [2.75, 3.05) is 26.7 Å². The third kappa shape index (κ3) is 2.02. The average Bonchev–Trinajstić information content (AvgIpc) is 2.92. The van der Waals surface area contributed by atoms with Crippen LogP contribution in [0.3, 0.4) is 0 Å². The molecule has 4 heteroatoms. The van der Waals surface area contributed by atoms with Gasteiger partial charge >= 0.3 is 0 Å². The molecular weight excluding hydrogens is 248 g/mol. The number of carbonyl (C=O) groups is 1. The quantitative estimate of drug-likeness (QED) is 0.776. The molecule has 2 aliphatic heterocycles. The molecule has 0 aliphatic carbocycles. The summed E-state index contributed by atoms with van der Waals surface area (Å²) in [6, 6.07) is 7.72. The minimum atomic E-state index is 0.134. The zero-order chi connectivity index (χ0) is 12.7. The molecule has 2 aliphatic rings. The number of fused-ring (bicyclic) bond motifs is 1. The smallest absolute Gasteiger partial charge is 0.253 e. The summed E-state index contributed by atoms with van der Waals surface area (Å²) in [5.41, 5.74) is 0.738. The van der Waals surface area contributed by atoms with E-state index >= 15 is 0 Å². The highest BCUT2D eigenvalue weighted by molar-refractivity contribution is 6.30. The first-order chi connectivity index (χ1) is 8.65. The summed E-state index contributed by atoms with van der Waals surface area (Å²) in [6.07, 6.45) is 1.21. The minimum Gasteiger partial charge on any atom is -0.337 e. The highest BCUT2D eigenvalue weighted by Crippen LogP contribution is 2.30. The second-order valence-electron chi connectivity index (χ2n) is 5.31. The van der Waals surface area contributed by atoms with Gasteiger partial charge in [-0.1, -0.05) is 11.6 Å². The molecule has 3 nitrogen and oxygen atoms in total. The van der Waals surface area contributed by atoms with Gasteiger partial charge in [0.2, 0.25) is 0 Å². The molecule has 2 fully saturated rings. The Morgan fingerprint density at radius 3 is 2.67 bits per heavy atom. The topological polar surface area (TPSA) is 23.6 Å². The number of hydrogen-bond donors (Lipinski definition) is 0. The fourth-order valence-corrected chi connectivity index (χ4v) is 3.24. The molecule has 2 heterocycles. The van der Waals surface area contributed by atoms with Crippen molar-refractivity contribution in [3.05, 3.63) is 34.9 Å². The van der Waals surface area contributed by atoms with E-state index < -0.39 is 0 Å². The van der Waals surface area contributed by atoms with Gasteiger partial charge in [0, 0.05) is 29.7 Å². The van der Waals surface area contributed by atoms with E-state index in [1.165, 1.54) is 6.42 Å². The van der Waals surface area contributed by atoms with Crippen LogP contribution in [-0.2, 0) is 0 Å². The molecule has 18 heavy (non-hydrogen) atoms. The molecular formula is C14H17ClN2O. The van der Waals surface area contributed by atoms with E-state index in [0.29, 0.717) is 17.0 Å². The monoisotopic (exact) mass is 264 g/mol. The van der Waals surface area contributed by atoms with Gasteiger partial charge in [-0.15, -0.1) is 0 Å². The lowest BCUT2D eigenvalue weighted by Crippen LogP contribution is -2.35. The number of hydrogen-bond acceptors (Lipinski definition) is 2. The molecule has 96 valence electrons. The van der Waals surface area contributed by atoms with Crippen LogP contribution in [0.5, 0.6) is 0 Å². The molecule has 2 saturated heterocycles. The van der Waals surface area contributed by atoms with Crippen LogP contribution >= 0.6 is 11.6 Å². The maximum atomic E-state index is 12.4. The normalized spacial score (nSPS) is 27.6. The Morgan fingerprint density at radius 2 is 2.00 bits per heavy atom. The molecule has 0 bridgehead atoms. The Balaban J connectivity index is 1.73. The number of amides is 1. The predicted molar refractivity (Wildman–Crippen MR) is 71.9 cm³/mol. The van der Waals surface area contributed by atoms with E-state index in [9.17, 15) is 4.79 Å². The molecule has 0 N–H and O–H groups in total. The Bertz CT molecular complexity index is 459. The highest BCUT2D eigenvalue weighted by atomic mass is 35.5. The summed E-state index contributed by atoms with van der Waals surface area (Å²) in [5, 5.41) is 0.671. The van der Waals surface area contributed by atoms with Gasteiger partial charge < -0.3 is 9.80 Å². The van der Waals surface area contributed by atoms with Gasteiger partial charge in [-0.3, -0.25) is 4.79 Å². The van der Waals surface area contributed by atoms with Gasteiger partial charge in [-0.2, -0.15) is 0 Å². The first-order valence-electron chi connectivity index (χ1n) is 6.40. The van der Waals surface area contributed by atoms with E-state index in [0.717, 1.165) is 25.2 Å². The van der Waals surface area contributed by atoms with Crippen LogP contribution in [0.2, 0.25) is 5.02 Å². The molecule has 1 aromatic rings. The Hall–Kier alpha value is -1.06. The van der Waals surface area contributed by atoms with E-state index in [-0.39, 0.29) is 5.91 Å². The first kappa shape index (κ1) is 12.0. The van der Waals surface area contributed by atoms with Crippen LogP contribution in [-0.4, -0.2) is 48.4 Å². The second-order valence-corrected chi connectivity index (χ2v) is 5.75. The Morgan fingerprint density at radius 1 is 1.28 bits per heavy atom. The third-order valence-corrected chi connectivity index (χ3v) is 4.46. The van der Waals surface area contributed by atoms with Crippen LogP contribution in [0.15, 0.2) is 24.3 Å². The van der Waals surface area contributed by atoms with Crippen LogP contribution in [0, 0.1) is 5.92 Å². The molecule has 0 saturated carbocycles. The Labute approximate surface area is 112 Å². The van der Waals surface area contributed by atoms with Crippen molar-refractivity contribution >= 4 is 17.5 Å². The van der Waals surface area contributed by atoms with E-state index in [2.05, 4.69) is 11.9 Å². The van der Waals surface area contributed by atoms with Gasteiger partial charge in [0.05, 0.1) is 0 Å². The standard InChI is InChI=1S/C14H17ClN2O/c1-16-7-6-11-8-17(9-13(11)16)14(18)10-2-4-12(15)5-3-10/h2-5,11,13H,6-9H2,1H3. The minimum absolute atomic E-state index is 0.134. The fourth-order valence-electron chi connectivity index (χ4n) is 3.11. The summed E-state index contributed by atoms with van der Waals surface area (Å²) in [5.74, 6) is 0.792. The fraction of sp³-hybridized carbons (Fsp3) is 0.500. The van der Waals surface area contributed by atoms with Crippen LogP contribution < -0.4 is 0 Å². The molecule has 2 atom stereocenters. The second kappa shape index (κ2) is 4.56. The lowest BCUT2D eigenvalue weighted by Gasteiger charge is -2.20. The zero-order valence-electron chi connectivity index (χ0n) is 10.5. The average molecular weight is 265 g/mol. The van der Waals surface area contributed by atoms with Crippen molar-refractivity contribution in [1.29, 1.82) is 0 Å². The lowest BCUT2D eigenvalue weighted by molar-refractivity contribution is 0.0774. The molecule has 3 rings (SSSR count). The first-order valence-corrected chi connectivity index (χ1v) is 6.78. The van der Waals surface area contributed by atoms with Crippen molar-refractivity contribution < 1.29 is 4.79 Å². The maximum Gasteiger partial charge on any atom is 0.253 e. The number of likely N-dealkylation sites (tertiary alicyclic amines) is 2. The van der Waals surface area contributed by atoms with Gasteiger partial charge in [0.1, 0.15) is 0 Å². The van der Waals surface area contributed by atoms with Gasteiger partial charge in [-0.05, 0) is 50.2 Å². The molecule has 0 spiro atoms. The lowest BCUT2D eigenvalue weighted by atomic mass is 10.1. The summed E-state index contributed by atoms with van der Waals surface area (Å²) in [6.45, 7) is 2.93. The van der Waals surface area contributed by atoms with Crippen LogP contribution in [0.4, 0.5) is 0 Å². The Kier molecular flexibility index (Phi) is 3.04. The maximum absolute atomic E-state index is 12.4. The predicted octanol–water partition coefficient (Wildman–Crippen LogP) is 2.12. The molecule has 1 aromatic carbocycles. The molecule has 2 unspecified atom stereocenters. The molecule has 0 aromatic heterocycles. The van der Waals surface area contributed by atoms with Gasteiger partial charge in [0.15, 0.2) is 0 Å². The van der Waals surface area contributed by atoms with E-state index in [1.807, 2.05) is 17.0 Å². The number of likely N-dealkylation sites (N-methyl/N-ethyl adjacent to an activating group) is 1. The van der Waals surface area contributed by atoms with Crippen molar-refractivity contribution in [3.63, 3.8) is 0 Å². The SMILES string of the molecule is CN1CCC2CN(C(=O)c3ccc(Cl)cc3)CC21. The largest absolute Gasteiger partial charge is 0.337 e. The highest BCUT2D eigenvalue weighted by Gasteiger charge is 2.41. The zero-order valence-corrected chi connectivity index (χ0v) is 11.2. The van der Waals surface area contributed by atoms with E-state index in [1.54, 1.807) is 12.1 Å². The van der Waals surface area contributed by atoms with Crippen molar-refractivity contribution in [2.24, 2.45) is 5.92 Å². The van der Waals surface area contributed by atoms with Crippen LogP contribution in [0.1, 0.15) is 16.8 Å². The van der Waals surface area contributed by atoms with E-state index in [4.69, 9.17) is 11.6 Å². The van der Waals surface area contributed by atoms with Gasteiger partial charge in [0.25, 0.3) is 5.91 Å². The summed E-state index contributed by atoms with van der Waals surface area (Å²) in [4.78, 5) is 16.7. The van der Waals surface area contributed by atoms with Crippen molar-refractivity contribution in [3.8, 4) is 0 Å². The number of halogens is 1.